The van der Waals surface area contributed by atoms with Gasteiger partial charge in [0.25, 0.3) is 0 Å². The van der Waals surface area contributed by atoms with Crippen molar-refractivity contribution in [3.8, 4) is 5.75 Å². The molecule has 0 N–H and O–H groups in total. The minimum atomic E-state index is -4.17. The molecule has 25 heavy (non-hydrogen) atoms. The zero-order valence-electron chi connectivity index (χ0n) is 15.2. The van der Waals surface area contributed by atoms with Gasteiger partial charge in [-0.25, -0.2) is 8.42 Å². The van der Waals surface area contributed by atoms with Gasteiger partial charge in [0.1, 0.15) is 10.6 Å². The molecule has 5 nitrogen and oxygen atoms in total. The van der Waals surface area contributed by atoms with Crippen molar-refractivity contribution in [1.29, 1.82) is 0 Å². The van der Waals surface area contributed by atoms with Crippen LogP contribution >= 0.6 is 0 Å². The maximum absolute atomic E-state index is 12.8. The molecular weight excluding hydrogens is 360 g/mol. The molecule has 0 heterocycles. The van der Waals surface area contributed by atoms with E-state index in [0.717, 1.165) is 11.8 Å². The molecule has 0 radical (unpaired) electrons. The van der Waals surface area contributed by atoms with Crippen molar-refractivity contribution in [2.45, 2.75) is 44.4 Å². The highest BCUT2D eigenvalue weighted by molar-refractivity contribution is 7.91. The normalized spacial score (nSPS) is 12.2. The monoisotopic (exact) mass is 382 g/mol. The van der Waals surface area contributed by atoms with Gasteiger partial charge < -0.3 is 4.18 Å². The van der Waals surface area contributed by atoms with Crippen molar-refractivity contribution < 1.29 is 21.0 Å². The molecule has 0 bridgehead atoms. The van der Waals surface area contributed by atoms with Gasteiger partial charge in [0.15, 0.2) is 9.84 Å². The van der Waals surface area contributed by atoms with E-state index in [-0.39, 0.29) is 21.1 Å². The second-order valence-electron chi connectivity index (χ2n) is 6.42. The zero-order valence-corrected chi connectivity index (χ0v) is 16.8. The van der Waals surface area contributed by atoms with Crippen LogP contribution in [0.2, 0.25) is 0 Å². The van der Waals surface area contributed by atoms with E-state index in [0.29, 0.717) is 16.7 Å². The lowest BCUT2D eigenvalue weighted by molar-refractivity contribution is 0.481. The van der Waals surface area contributed by atoms with Crippen molar-refractivity contribution in [3.63, 3.8) is 0 Å². The third-order valence-electron chi connectivity index (χ3n) is 3.92. The molecule has 0 unspecified atom stereocenters. The molecule has 0 aliphatic carbocycles. The largest absolute Gasteiger partial charge is 0.378 e. The van der Waals surface area contributed by atoms with Crippen LogP contribution in [0, 0.1) is 34.6 Å². The number of hydrogen-bond donors (Lipinski definition) is 0. The molecule has 0 spiro atoms. The molecule has 0 atom stereocenters. The van der Waals surface area contributed by atoms with Gasteiger partial charge in [0, 0.05) is 6.26 Å². The van der Waals surface area contributed by atoms with Crippen molar-refractivity contribution >= 4 is 20.0 Å². The van der Waals surface area contributed by atoms with E-state index in [4.69, 9.17) is 4.18 Å². The van der Waals surface area contributed by atoms with Crippen LogP contribution in [0.4, 0.5) is 0 Å². The van der Waals surface area contributed by atoms with E-state index in [1.54, 1.807) is 20.8 Å². The Morgan fingerprint density at radius 1 is 0.720 bits per heavy atom. The van der Waals surface area contributed by atoms with E-state index in [1.165, 1.54) is 19.1 Å². The summed E-state index contributed by atoms with van der Waals surface area (Å²) in [7, 11) is -7.73. The molecule has 0 saturated carbocycles. The van der Waals surface area contributed by atoms with Crippen LogP contribution in [0.5, 0.6) is 5.75 Å². The minimum Gasteiger partial charge on any atom is -0.378 e. The maximum Gasteiger partial charge on any atom is 0.339 e. The van der Waals surface area contributed by atoms with Crippen LogP contribution in [0.15, 0.2) is 34.1 Å². The number of benzene rings is 2. The van der Waals surface area contributed by atoms with Gasteiger partial charge in [-0.3, -0.25) is 0 Å². The highest BCUT2D eigenvalue weighted by Crippen LogP contribution is 2.31. The Morgan fingerprint density at radius 2 is 1.16 bits per heavy atom. The highest BCUT2D eigenvalue weighted by atomic mass is 32.2. The van der Waals surface area contributed by atoms with Crippen molar-refractivity contribution in [3.05, 3.63) is 52.1 Å². The molecular formula is C18H22O5S2. The molecule has 0 fully saturated rings. The van der Waals surface area contributed by atoms with E-state index < -0.39 is 20.0 Å². The third-order valence-corrected chi connectivity index (χ3v) is 6.50. The summed E-state index contributed by atoms with van der Waals surface area (Å²) >= 11 is 0. The first kappa shape index (κ1) is 19.5. The van der Waals surface area contributed by atoms with Crippen molar-refractivity contribution in [1.82, 2.24) is 0 Å². The fourth-order valence-electron chi connectivity index (χ4n) is 2.89. The van der Waals surface area contributed by atoms with Gasteiger partial charge in [-0.2, -0.15) is 8.42 Å². The molecule has 136 valence electrons. The number of rotatable bonds is 4. The van der Waals surface area contributed by atoms with Gasteiger partial charge in [0.05, 0.1) is 4.90 Å². The first-order chi connectivity index (χ1) is 11.3. The van der Waals surface area contributed by atoms with Crippen LogP contribution < -0.4 is 4.18 Å². The number of sulfone groups is 1. The molecule has 0 aliphatic rings. The van der Waals surface area contributed by atoms with Crippen molar-refractivity contribution in [2.24, 2.45) is 0 Å². The first-order valence-electron chi connectivity index (χ1n) is 7.66. The van der Waals surface area contributed by atoms with Gasteiger partial charge in [0.2, 0.25) is 0 Å². The minimum absolute atomic E-state index is 0.00738. The predicted octanol–water partition coefficient (Wildman–Crippen LogP) is 3.40. The number of aryl methyl sites for hydroxylation is 4. The molecule has 2 aromatic carbocycles. The van der Waals surface area contributed by atoms with Crippen LogP contribution in [-0.4, -0.2) is 23.1 Å². The van der Waals surface area contributed by atoms with E-state index >= 15 is 0 Å². The zero-order chi connectivity index (χ0) is 19.2. The lowest BCUT2D eigenvalue weighted by atomic mass is 10.1. The van der Waals surface area contributed by atoms with Crippen LogP contribution in [0.3, 0.4) is 0 Å². The van der Waals surface area contributed by atoms with Crippen molar-refractivity contribution in [2.75, 3.05) is 6.26 Å². The average Bonchev–Trinajstić information content (AvgIpc) is 2.43. The molecule has 7 heteroatoms. The van der Waals surface area contributed by atoms with Gasteiger partial charge in [-0.1, -0.05) is 17.7 Å². The summed E-state index contributed by atoms with van der Waals surface area (Å²) in [5, 5.41) is 0. The Balaban J connectivity index is 2.65. The summed E-state index contributed by atoms with van der Waals surface area (Å²) in [5.41, 5.74) is 3.11. The quantitative estimate of drug-likeness (QED) is 0.758. The molecule has 0 aromatic heterocycles. The molecule has 0 amide bonds. The predicted molar refractivity (Wildman–Crippen MR) is 97.5 cm³/mol. The SMILES string of the molecule is Cc1cc(C)c(OS(=O)(=O)c2cc(C)cc(S(C)(=O)=O)c2C)c(C)c1. The lowest BCUT2D eigenvalue weighted by Gasteiger charge is -2.16. The van der Waals surface area contributed by atoms with Crippen LogP contribution in [-0.2, 0) is 20.0 Å². The summed E-state index contributed by atoms with van der Waals surface area (Å²) in [5.74, 6) is 0.271. The van der Waals surface area contributed by atoms with Crippen LogP contribution in [0.1, 0.15) is 27.8 Å². The Labute approximate surface area is 149 Å². The summed E-state index contributed by atoms with van der Waals surface area (Å²) in [6.45, 7) is 8.59. The van der Waals surface area contributed by atoms with Gasteiger partial charge >= 0.3 is 10.1 Å². The maximum atomic E-state index is 12.8. The highest BCUT2D eigenvalue weighted by Gasteiger charge is 2.26. The summed E-state index contributed by atoms with van der Waals surface area (Å²) in [4.78, 5) is -0.140. The third kappa shape index (κ3) is 4.04. The Morgan fingerprint density at radius 3 is 1.64 bits per heavy atom. The first-order valence-corrected chi connectivity index (χ1v) is 11.0. The Kier molecular flexibility index (Phi) is 5.03. The fraction of sp³-hybridized carbons (Fsp3) is 0.333. The molecule has 2 aromatic rings. The Bertz CT molecular complexity index is 1030. The Hall–Kier alpha value is -1.86. The van der Waals surface area contributed by atoms with Gasteiger partial charge in [-0.05, 0) is 69.0 Å². The summed E-state index contributed by atoms with van der Waals surface area (Å²) in [6.07, 6.45) is 1.06. The van der Waals surface area contributed by atoms with Crippen LogP contribution in [0.25, 0.3) is 0 Å². The number of hydrogen-bond acceptors (Lipinski definition) is 5. The second kappa shape index (κ2) is 6.46. The summed E-state index contributed by atoms with van der Waals surface area (Å²) in [6, 6.07) is 6.57. The van der Waals surface area contributed by atoms with E-state index in [9.17, 15) is 16.8 Å². The smallest absolute Gasteiger partial charge is 0.339 e. The molecule has 2 rings (SSSR count). The van der Waals surface area contributed by atoms with E-state index in [1.807, 2.05) is 19.1 Å². The lowest BCUT2D eigenvalue weighted by Crippen LogP contribution is -2.15. The average molecular weight is 383 g/mol. The molecule has 0 saturated heterocycles. The summed E-state index contributed by atoms with van der Waals surface area (Å²) < 4.78 is 54.9. The second-order valence-corrected chi connectivity index (χ2v) is 9.92. The van der Waals surface area contributed by atoms with E-state index in [2.05, 4.69) is 0 Å². The fourth-order valence-corrected chi connectivity index (χ4v) is 5.41. The standard InChI is InChI=1S/C18H22O5S2/c1-11-7-13(3)18(14(4)8-11)23-25(21,22)17-10-12(2)9-16(15(17)5)24(6,19)20/h7-10H,1-6H3. The molecule has 0 aliphatic heterocycles. The topological polar surface area (TPSA) is 77.5 Å². The van der Waals surface area contributed by atoms with Gasteiger partial charge in [-0.15, -0.1) is 0 Å².